The highest BCUT2D eigenvalue weighted by Crippen LogP contribution is 2.71. The van der Waals surface area contributed by atoms with Crippen molar-refractivity contribution < 1.29 is 19.3 Å². The van der Waals surface area contributed by atoms with Gasteiger partial charge >= 0.3 is 0 Å². The molecule has 3 saturated heterocycles. The lowest BCUT2D eigenvalue weighted by Gasteiger charge is -2.63. The van der Waals surface area contributed by atoms with E-state index in [0.29, 0.717) is 24.4 Å². The Morgan fingerprint density at radius 3 is 2.84 bits per heavy atom. The third-order valence-electron chi connectivity index (χ3n) is 9.17. The van der Waals surface area contributed by atoms with Crippen molar-refractivity contribution in [2.45, 2.75) is 76.5 Å². The molecule has 9 atom stereocenters. The number of hydrogen-bond donors (Lipinski definition) is 1. The fraction of sp³-hybridized carbons (Fsp3) is 0.905. The van der Waals surface area contributed by atoms with Gasteiger partial charge in [0.15, 0.2) is 5.79 Å². The fourth-order valence-corrected chi connectivity index (χ4v) is 7.93. The van der Waals surface area contributed by atoms with E-state index in [1.807, 2.05) is 0 Å². The van der Waals surface area contributed by atoms with E-state index in [1.54, 1.807) is 0 Å². The first-order chi connectivity index (χ1) is 12.0. The molecule has 0 amide bonds. The molecule has 3 aliphatic heterocycles. The molecule has 138 valence electrons. The summed E-state index contributed by atoms with van der Waals surface area (Å²) < 4.78 is 19.3. The molecule has 3 heterocycles. The highest BCUT2D eigenvalue weighted by atomic mass is 16.7. The third-order valence-corrected chi connectivity index (χ3v) is 9.17. The number of hydrogen-bond acceptors (Lipinski definition) is 4. The SMILES string of the molecule is C[C@]12CC[C@H](O)CC1=CC[C@@H]1[C@@H]2CC[C@]2(C)[C@H]3C4CO[C@@]12OC3CO4. The largest absolute Gasteiger partial charge is 0.393 e. The lowest BCUT2D eigenvalue weighted by molar-refractivity contribution is -0.355. The molecule has 5 fully saturated rings. The van der Waals surface area contributed by atoms with Crippen LogP contribution in [0.2, 0.25) is 0 Å². The van der Waals surface area contributed by atoms with Crippen LogP contribution in [-0.2, 0) is 14.2 Å². The number of ether oxygens (including phenoxy) is 3. The number of aliphatic hydroxyl groups excluding tert-OH is 1. The standard InChI is InChI=1S/C21H30O4/c1-19-7-5-13(22)9-12(19)3-4-15-14(19)6-8-20(2)18-16-11-24-21(15,20)25-17(18)10-23-16/h3,13-18,22H,4-11H2,1-2H3/t13-,14-,15+,16?,17?,18-,19-,20+,21+/m0/s1. The number of rotatable bonds is 0. The Labute approximate surface area is 149 Å². The summed E-state index contributed by atoms with van der Waals surface area (Å²) >= 11 is 0. The zero-order valence-corrected chi connectivity index (χ0v) is 15.4. The minimum atomic E-state index is -0.410. The van der Waals surface area contributed by atoms with Crippen LogP contribution in [0.5, 0.6) is 0 Å². The third kappa shape index (κ3) is 1.65. The van der Waals surface area contributed by atoms with Gasteiger partial charge in [0.25, 0.3) is 0 Å². The summed E-state index contributed by atoms with van der Waals surface area (Å²) in [5.41, 5.74) is 1.81. The second kappa shape index (κ2) is 4.70. The fourth-order valence-electron chi connectivity index (χ4n) is 7.93. The lowest BCUT2D eigenvalue weighted by atomic mass is 9.47. The average Bonchev–Trinajstić information content (AvgIpc) is 3.03. The quantitative estimate of drug-likeness (QED) is 0.685. The maximum atomic E-state index is 10.2. The van der Waals surface area contributed by atoms with Gasteiger partial charge < -0.3 is 19.3 Å². The van der Waals surface area contributed by atoms with Gasteiger partial charge in [-0.1, -0.05) is 25.5 Å². The summed E-state index contributed by atoms with van der Waals surface area (Å²) in [6.07, 6.45) is 9.14. The zero-order chi connectivity index (χ0) is 17.0. The predicted molar refractivity (Wildman–Crippen MR) is 91.8 cm³/mol. The molecule has 4 heteroatoms. The Bertz CT molecular complexity index is 646. The summed E-state index contributed by atoms with van der Waals surface area (Å²) in [5.74, 6) is 1.16. The normalized spacial score (nSPS) is 62.0. The molecule has 0 aromatic carbocycles. The number of aliphatic hydroxyl groups is 1. The molecule has 1 N–H and O–H groups in total. The highest BCUT2D eigenvalue weighted by Gasteiger charge is 2.76. The summed E-state index contributed by atoms with van der Waals surface area (Å²) in [7, 11) is 0. The van der Waals surface area contributed by atoms with Gasteiger partial charge in [-0.25, -0.2) is 0 Å². The Hall–Kier alpha value is -0.420. The van der Waals surface area contributed by atoms with Crippen LogP contribution in [0.25, 0.3) is 0 Å². The molecular weight excluding hydrogens is 316 g/mol. The molecule has 0 aromatic rings. The first-order valence-corrected chi connectivity index (χ1v) is 10.3. The van der Waals surface area contributed by atoms with E-state index >= 15 is 0 Å². The van der Waals surface area contributed by atoms with Gasteiger partial charge in [0.05, 0.1) is 31.5 Å². The molecule has 3 aliphatic carbocycles. The predicted octanol–water partition coefficient (Wildman–Crippen LogP) is 3.04. The lowest BCUT2D eigenvalue weighted by Crippen LogP contribution is -2.66. The summed E-state index contributed by atoms with van der Waals surface area (Å²) in [6.45, 7) is 6.32. The van der Waals surface area contributed by atoms with Crippen LogP contribution in [0.3, 0.4) is 0 Å². The van der Waals surface area contributed by atoms with Crippen LogP contribution in [0.4, 0.5) is 0 Å². The van der Waals surface area contributed by atoms with Crippen molar-refractivity contribution in [3.05, 3.63) is 11.6 Å². The van der Waals surface area contributed by atoms with E-state index in [4.69, 9.17) is 14.2 Å². The maximum Gasteiger partial charge on any atom is 0.178 e. The van der Waals surface area contributed by atoms with Gasteiger partial charge in [-0.15, -0.1) is 0 Å². The molecule has 0 radical (unpaired) electrons. The van der Waals surface area contributed by atoms with E-state index in [1.165, 1.54) is 18.4 Å². The van der Waals surface area contributed by atoms with Gasteiger partial charge in [-0.2, -0.15) is 0 Å². The minimum Gasteiger partial charge on any atom is -0.393 e. The summed E-state index contributed by atoms with van der Waals surface area (Å²) in [6, 6.07) is 0. The Morgan fingerprint density at radius 1 is 1.08 bits per heavy atom. The Balaban J connectivity index is 1.44. The highest BCUT2D eigenvalue weighted by molar-refractivity contribution is 5.28. The van der Waals surface area contributed by atoms with Gasteiger partial charge in [0.1, 0.15) is 0 Å². The van der Waals surface area contributed by atoms with Crippen molar-refractivity contribution in [2.75, 3.05) is 13.2 Å². The van der Waals surface area contributed by atoms with E-state index in [0.717, 1.165) is 32.3 Å². The van der Waals surface area contributed by atoms with Crippen LogP contribution in [0, 0.1) is 28.6 Å². The average molecular weight is 346 g/mol. The molecular formula is C21H30O4. The molecule has 0 aromatic heterocycles. The second-order valence-corrected chi connectivity index (χ2v) is 9.98. The number of fused-ring (bicyclic) bond motifs is 3. The van der Waals surface area contributed by atoms with Crippen molar-refractivity contribution in [3.63, 3.8) is 0 Å². The van der Waals surface area contributed by atoms with Crippen LogP contribution in [0.1, 0.15) is 52.4 Å². The van der Waals surface area contributed by atoms with E-state index in [2.05, 4.69) is 19.9 Å². The summed E-state index contributed by atoms with van der Waals surface area (Å²) in [4.78, 5) is 0. The van der Waals surface area contributed by atoms with Crippen LogP contribution < -0.4 is 0 Å². The van der Waals surface area contributed by atoms with Gasteiger partial charge in [-0.3, -0.25) is 0 Å². The van der Waals surface area contributed by atoms with Gasteiger partial charge in [-0.05, 0) is 49.9 Å². The zero-order valence-electron chi connectivity index (χ0n) is 15.4. The van der Waals surface area contributed by atoms with Crippen LogP contribution in [-0.4, -0.2) is 42.4 Å². The Kier molecular flexibility index (Phi) is 2.94. The molecule has 2 bridgehead atoms. The van der Waals surface area contributed by atoms with Crippen molar-refractivity contribution in [3.8, 4) is 0 Å². The Morgan fingerprint density at radius 2 is 1.96 bits per heavy atom. The van der Waals surface area contributed by atoms with Crippen molar-refractivity contribution in [1.82, 2.24) is 0 Å². The van der Waals surface area contributed by atoms with Crippen molar-refractivity contribution in [1.29, 1.82) is 0 Å². The van der Waals surface area contributed by atoms with E-state index in [9.17, 15) is 5.11 Å². The molecule has 6 aliphatic rings. The molecule has 2 saturated carbocycles. The van der Waals surface area contributed by atoms with Gasteiger partial charge in [0, 0.05) is 17.3 Å². The molecule has 25 heavy (non-hydrogen) atoms. The topological polar surface area (TPSA) is 47.9 Å². The van der Waals surface area contributed by atoms with Crippen LogP contribution in [0.15, 0.2) is 11.6 Å². The second-order valence-electron chi connectivity index (χ2n) is 9.98. The maximum absolute atomic E-state index is 10.2. The molecule has 2 unspecified atom stereocenters. The van der Waals surface area contributed by atoms with Crippen LogP contribution >= 0.6 is 0 Å². The molecule has 0 spiro atoms. The van der Waals surface area contributed by atoms with Crippen molar-refractivity contribution in [2.24, 2.45) is 28.6 Å². The van der Waals surface area contributed by atoms with E-state index < -0.39 is 5.79 Å². The number of allylic oxidation sites excluding steroid dienone is 1. The first-order valence-electron chi connectivity index (χ1n) is 10.3. The van der Waals surface area contributed by atoms with Crippen molar-refractivity contribution >= 4 is 0 Å². The van der Waals surface area contributed by atoms with Gasteiger partial charge in [0.2, 0.25) is 0 Å². The molecule has 4 nitrogen and oxygen atoms in total. The van der Waals surface area contributed by atoms with E-state index in [-0.39, 0.29) is 29.1 Å². The monoisotopic (exact) mass is 346 g/mol. The first kappa shape index (κ1) is 15.6. The summed E-state index contributed by atoms with van der Waals surface area (Å²) in [5, 5.41) is 10.2. The smallest absolute Gasteiger partial charge is 0.178 e. The molecule has 6 rings (SSSR count). The minimum absolute atomic E-state index is 0.0914.